The maximum Gasteiger partial charge on any atom is 0.337 e. The van der Waals surface area contributed by atoms with E-state index in [1.165, 1.54) is 6.20 Å². The van der Waals surface area contributed by atoms with Crippen molar-refractivity contribution in [3.8, 4) is 0 Å². The zero-order chi connectivity index (χ0) is 14.8. The Morgan fingerprint density at radius 3 is 2.42 bits per heavy atom. The van der Waals surface area contributed by atoms with Crippen LogP contribution in [0.15, 0.2) is 12.3 Å². The van der Waals surface area contributed by atoms with E-state index in [2.05, 4.69) is 38.8 Å². The minimum Gasteiger partial charge on any atom is -0.478 e. The van der Waals surface area contributed by atoms with Gasteiger partial charge in [-0.15, -0.1) is 0 Å². The molecule has 0 amide bonds. The Kier molecular flexibility index (Phi) is 4.53. The normalized spacial score (nSPS) is 12.5. The van der Waals surface area contributed by atoms with E-state index < -0.39 is 14.3 Å². The van der Waals surface area contributed by atoms with Crippen LogP contribution in [0.4, 0.5) is 0 Å². The predicted octanol–water partition coefficient (Wildman–Crippen LogP) is 3.61. The molecule has 19 heavy (non-hydrogen) atoms. The lowest BCUT2D eigenvalue weighted by Crippen LogP contribution is -2.40. The molecule has 0 aliphatic heterocycles. The highest BCUT2D eigenvalue weighted by molar-refractivity contribution is 6.74. The molecule has 5 heteroatoms. The molecule has 0 saturated heterocycles. The molecule has 1 aromatic rings. The van der Waals surface area contributed by atoms with E-state index in [4.69, 9.17) is 9.53 Å². The average Bonchev–Trinajstić information content (AvgIpc) is 2.25. The molecule has 1 rings (SSSR count). The topological polar surface area (TPSA) is 59.4 Å². The number of rotatable bonds is 4. The summed E-state index contributed by atoms with van der Waals surface area (Å²) >= 11 is 0. The summed E-state index contributed by atoms with van der Waals surface area (Å²) in [7, 11) is -1.80. The van der Waals surface area contributed by atoms with Crippen molar-refractivity contribution in [3.05, 3.63) is 29.1 Å². The molecule has 0 bridgehead atoms. The van der Waals surface area contributed by atoms with Gasteiger partial charge in [-0.3, -0.25) is 4.98 Å². The Morgan fingerprint density at radius 2 is 2.00 bits per heavy atom. The lowest BCUT2D eigenvalue weighted by atomic mass is 10.1. The maximum atomic E-state index is 10.8. The van der Waals surface area contributed by atoms with Gasteiger partial charge in [-0.1, -0.05) is 20.8 Å². The van der Waals surface area contributed by atoms with Gasteiger partial charge in [-0.2, -0.15) is 0 Å². The molecule has 106 valence electrons. The fraction of sp³-hybridized carbons (Fsp3) is 0.571. The van der Waals surface area contributed by atoms with Crippen molar-refractivity contribution in [2.75, 3.05) is 0 Å². The SMILES string of the molecule is Cc1cc(C(=O)O)cnc1CO[Si](C)(C)C(C)(C)C. The average molecular weight is 281 g/mol. The number of carboxylic acid groups (broad SMARTS) is 1. The van der Waals surface area contributed by atoms with E-state index >= 15 is 0 Å². The van der Waals surface area contributed by atoms with Crippen molar-refractivity contribution in [2.45, 2.75) is 52.4 Å². The second kappa shape index (κ2) is 5.42. The Hall–Kier alpha value is -1.20. The summed E-state index contributed by atoms with van der Waals surface area (Å²) in [6.07, 6.45) is 1.39. The van der Waals surface area contributed by atoms with Gasteiger partial charge >= 0.3 is 5.97 Å². The zero-order valence-electron chi connectivity index (χ0n) is 12.6. The minimum atomic E-state index is -1.80. The molecule has 0 atom stereocenters. The Morgan fingerprint density at radius 1 is 1.42 bits per heavy atom. The Labute approximate surface area is 116 Å². The van der Waals surface area contributed by atoms with Crippen LogP contribution < -0.4 is 0 Å². The van der Waals surface area contributed by atoms with E-state index in [-0.39, 0.29) is 10.6 Å². The van der Waals surface area contributed by atoms with Gasteiger partial charge in [-0.25, -0.2) is 4.79 Å². The summed E-state index contributed by atoms with van der Waals surface area (Å²) in [6, 6.07) is 1.64. The summed E-state index contributed by atoms with van der Waals surface area (Å²) in [5.74, 6) is -0.951. The summed E-state index contributed by atoms with van der Waals surface area (Å²) < 4.78 is 6.09. The number of carbonyl (C=O) groups is 1. The van der Waals surface area contributed by atoms with E-state index in [1.54, 1.807) is 6.07 Å². The van der Waals surface area contributed by atoms with Crippen molar-refractivity contribution in [1.82, 2.24) is 4.98 Å². The number of carboxylic acids is 1. The molecule has 0 unspecified atom stereocenters. The summed E-state index contributed by atoms with van der Waals surface area (Å²) in [6.45, 7) is 13.3. The van der Waals surface area contributed by atoms with Crippen LogP contribution in [0.1, 0.15) is 42.4 Å². The van der Waals surface area contributed by atoms with Crippen LogP contribution in [0.5, 0.6) is 0 Å². The van der Waals surface area contributed by atoms with E-state index in [9.17, 15) is 4.79 Å². The number of aromatic nitrogens is 1. The van der Waals surface area contributed by atoms with Gasteiger partial charge in [0.2, 0.25) is 0 Å². The third-order valence-electron chi connectivity index (χ3n) is 3.81. The van der Waals surface area contributed by atoms with Crippen molar-refractivity contribution in [3.63, 3.8) is 0 Å². The molecule has 1 heterocycles. The van der Waals surface area contributed by atoms with E-state index in [0.717, 1.165) is 11.3 Å². The first-order chi connectivity index (χ1) is 8.54. The fourth-order valence-electron chi connectivity index (χ4n) is 1.34. The number of aryl methyl sites for hydroxylation is 1. The number of nitrogens with zero attached hydrogens (tertiary/aromatic N) is 1. The van der Waals surface area contributed by atoms with Gasteiger partial charge in [0.05, 0.1) is 17.9 Å². The molecule has 0 radical (unpaired) electrons. The molecule has 0 aromatic carbocycles. The first kappa shape index (κ1) is 15.9. The first-order valence-corrected chi connectivity index (χ1v) is 9.28. The van der Waals surface area contributed by atoms with Crippen molar-refractivity contribution in [1.29, 1.82) is 0 Å². The van der Waals surface area contributed by atoms with Crippen LogP contribution >= 0.6 is 0 Å². The molecular weight excluding hydrogens is 258 g/mol. The molecule has 1 N–H and O–H groups in total. The second-order valence-electron chi connectivity index (χ2n) is 6.34. The van der Waals surface area contributed by atoms with Crippen LogP contribution in [-0.2, 0) is 11.0 Å². The summed E-state index contributed by atoms with van der Waals surface area (Å²) in [5, 5.41) is 9.06. The van der Waals surface area contributed by atoms with Crippen molar-refractivity contribution in [2.24, 2.45) is 0 Å². The number of hydrogen-bond acceptors (Lipinski definition) is 3. The van der Waals surface area contributed by atoms with Gasteiger partial charge in [-0.05, 0) is 36.7 Å². The van der Waals surface area contributed by atoms with E-state index in [1.807, 2.05) is 6.92 Å². The molecule has 0 spiro atoms. The highest BCUT2D eigenvalue weighted by Crippen LogP contribution is 2.37. The van der Waals surface area contributed by atoms with Crippen LogP contribution in [0, 0.1) is 6.92 Å². The third-order valence-corrected chi connectivity index (χ3v) is 8.29. The quantitative estimate of drug-likeness (QED) is 0.856. The number of hydrogen-bond donors (Lipinski definition) is 1. The number of aromatic carboxylic acids is 1. The largest absolute Gasteiger partial charge is 0.478 e. The van der Waals surface area contributed by atoms with Gasteiger partial charge in [0, 0.05) is 6.20 Å². The second-order valence-corrected chi connectivity index (χ2v) is 11.2. The lowest BCUT2D eigenvalue weighted by Gasteiger charge is -2.36. The van der Waals surface area contributed by atoms with E-state index in [0.29, 0.717) is 6.61 Å². The zero-order valence-corrected chi connectivity index (χ0v) is 13.6. The van der Waals surface area contributed by atoms with Crippen LogP contribution in [-0.4, -0.2) is 24.4 Å². The fourth-order valence-corrected chi connectivity index (χ4v) is 2.27. The number of pyridine rings is 1. The maximum absolute atomic E-state index is 10.8. The lowest BCUT2D eigenvalue weighted by molar-refractivity contribution is 0.0696. The molecule has 0 saturated carbocycles. The van der Waals surface area contributed by atoms with Crippen molar-refractivity contribution >= 4 is 14.3 Å². The molecule has 1 aromatic heterocycles. The highest BCUT2D eigenvalue weighted by Gasteiger charge is 2.37. The summed E-state index contributed by atoms with van der Waals surface area (Å²) in [4.78, 5) is 15.0. The molecule has 0 fully saturated rings. The summed E-state index contributed by atoms with van der Waals surface area (Å²) in [5.41, 5.74) is 1.89. The van der Waals surface area contributed by atoms with Gasteiger partial charge in [0.25, 0.3) is 0 Å². The van der Waals surface area contributed by atoms with Crippen LogP contribution in [0.2, 0.25) is 18.1 Å². The molecule has 4 nitrogen and oxygen atoms in total. The van der Waals surface area contributed by atoms with Gasteiger partial charge in [0.1, 0.15) is 0 Å². The Bertz CT molecular complexity index is 478. The molecular formula is C14H23NO3Si. The third kappa shape index (κ3) is 3.88. The first-order valence-electron chi connectivity index (χ1n) is 6.37. The van der Waals surface area contributed by atoms with Crippen molar-refractivity contribution < 1.29 is 14.3 Å². The Balaban J connectivity index is 2.82. The van der Waals surface area contributed by atoms with Crippen LogP contribution in [0.25, 0.3) is 0 Å². The van der Waals surface area contributed by atoms with Crippen LogP contribution in [0.3, 0.4) is 0 Å². The molecule has 0 aliphatic rings. The highest BCUT2D eigenvalue weighted by atomic mass is 28.4. The minimum absolute atomic E-state index is 0.155. The van der Waals surface area contributed by atoms with Gasteiger partial charge < -0.3 is 9.53 Å². The smallest absolute Gasteiger partial charge is 0.337 e. The van der Waals surface area contributed by atoms with Gasteiger partial charge in [0.15, 0.2) is 8.32 Å². The monoisotopic (exact) mass is 281 g/mol. The predicted molar refractivity (Wildman–Crippen MR) is 77.9 cm³/mol. The standard InChI is InChI=1S/C14H23NO3Si/c1-10-7-11(13(16)17)8-15-12(10)9-18-19(5,6)14(2,3)4/h7-8H,9H2,1-6H3,(H,16,17). The molecule has 0 aliphatic carbocycles.